The summed E-state index contributed by atoms with van der Waals surface area (Å²) in [5, 5.41) is 11.6. The number of amides is 1. The van der Waals surface area contributed by atoms with E-state index in [0.717, 1.165) is 12.8 Å². The topological polar surface area (TPSA) is 102 Å². The zero-order valence-electron chi connectivity index (χ0n) is 14.0. The van der Waals surface area contributed by atoms with Crippen LogP contribution in [0.5, 0.6) is 0 Å². The molecule has 0 bridgehead atoms. The van der Waals surface area contributed by atoms with E-state index in [1.165, 1.54) is 6.92 Å². The number of carboxylic acid groups (broad SMARTS) is 1. The van der Waals surface area contributed by atoms with Crippen molar-refractivity contribution in [2.75, 3.05) is 6.54 Å². The van der Waals surface area contributed by atoms with Gasteiger partial charge in [-0.1, -0.05) is 13.8 Å². The number of ether oxygens (including phenoxy) is 2. The Morgan fingerprint density at radius 1 is 1.09 bits per heavy atom. The Morgan fingerprint density at radius 2 is 1.70 bits per heavy atom. The van der Waals surface area contributed by atoms with Crippen molar-refractivity contribution in [1.82, 2.24) is 5.32 Å². The monoisotopic (exact) mass is 329 g/mol. The van der Waals surface area contributed by atoms with Gasteiger partial charge in [-0.05, 0) is 37.5 Å². The molecule has 7 heteroatoms. The standard InChI is InChI=1S/C16H27NO6/c1-10(2)8-14(18)22-11(3)23-16(21)17-9-12-4-6-13(7-5-12)15(19)20/h10-13H,4-9H2,1-3H3,(H,17,21)(H,19,20). The molecular formula is C16H27NO6. The van der Waals surface area contributed by atoms with Crippen molar-refractivity contribution in [3.63, 3.8) is 0 Å². The Bertz CT molecular complexity index is 415. The first-order chi connectivity index (χ1) is 10.8. The average molecular weight is 329 g/mol. The van der Waals surface area contributed by atoms with Crippen molar-refractivity contribution in [3.05, 3.63) is 0 Å². The van der Waals surface area contributed by atoms with E-state index < -0.39 is 24.3 Å². The van der Waals surface area contributed by atoms with E-state index in [2.05, 4.69) is 5.32 Å². The van der Waals surface area contributed by atoms with Gasteiger partial charge in [0.1, 0.15) is 0 Å². The second kappa shape index (κ2) is 9.37. The lowest BCUT2D eigenvalue weighted by molar-refractivity contribution is -0.165. The van der Waals surface area contributed by atoms with Gasteiger partial charge in [0.15, 0.2) is 0 Å². The van der Waals surface area contributed by atoms with Crippen LogP contribution in [0.4, 0.5) is 4.79 Å². The maximum absolute atomic E-state index is 11.7. The first-order valence-corrected chi connectivity index (χ1v) is 8.14. The molecule has 1 atom stereocenters. The summed E-state index contributed by atoms with van der Waals surface area (Å²) >= 11 is 0. The Balaban J connectivity index is 2.19. The maximum Gasteiger partial charge on any atom is 0.410 e. The highest BCUT2D eigenvalue weighted by molar-refractivity contribution is 5.71. The fourth-order valence-electron chi connectivity index (χ4n) is 2.62. The van der Waals surface area contributed by atoms with Gasteiger partial charge in [0.25, 0.3) is 0 Å². The predicted octanol–water partition coefficient (Wildman–Crippen LogP) is 2.54. The Kier molecular flexibility index (Phi) is 7.85. The molecule has 1 unspecified atom stereocenters. The van der Waals surface area contributed by atoms with Gasteiger partial charge in [0.2, 0.25) is 6.29 Å². The molecule has 0 spiro atoms. The van der Waals surface area contributed by atoms with Crippen LogP contribution in [0.15, 0.2) is 0 Å². The minimum absolute atomic E-state index is 0.185. The lowest BCUT2D eigenvalue weighted by Crippen LogP contribution is -2.35. The molecule has 2 N–H and O–H groups in total. The molecule has 23 heavy (non-hydrogen) atoms. The summed E-state index contributed by atoms with van der Waals surface area (Å²) in [5.74, 6) is -0.958. The number of carboxylic acids is 1. The van der Waals surface area contributed by atoms with E-state index in [1.54, 1.807) is 0 Å². The molecule has 0 aromatic rings. The lowest BCUT2D eigenvalue weighted by atomic mass is 9.82. The molecule has 1 aliphatic carbocycles. The molecule has 1 aliphatic rings. The van der Waals surface area contributed by atoms with Gasteiger partial charge >= 0.3 is 18.0 Å². The zero-order chi connectivity index (χ0) is 17.4. The van der Waals surface area contributed by atoms with Crippen molar-refractivity contribution in [2.45, 2.75) is 59.2 Å². The number of rotatable bonds is 7. The first kappa shape index (κ1) is 19.3. The number of hydrogen-bond acceptors (Lipinski definition) is 5. The largest absolute Gasteiger partial charge is 0.481 e. The Morgan fingerprint density at radius 3 is 2.22 bits per heavy atom. The van der Waals surface area contributed by atoms with Gasteiger partial charge in [-0.3, -0.25) is 9.59 Å². The van der Waals surface area contributed by atoms with Crippen molar-refractivity contribution >= 4 is 18.0 Å². The van der Waals surface area contributed by atoms with Crippen LogP contribution in [0, 0.1) is 17.8 Å². The summed E-state index contributed by atoms with van der Waals surface area (Å²) in [7, 11) is 0. The highest BCUT2D eigenvalue weighted by Gasteiger charge is 2.26. The van der Waals surface area contributed by atoms with E-state index in [1.807, 2.05) is 13.8 Å². The van der Waals surface area contributed by atoms with Crippen molar-refractivity contribution in [1.29, 1.82) is 0 Å². The first-order valence-electron chi connectivity index (χ1n) is 8.14. The Labute approximate surface area is 136 Å². The summed E-state index contributed by atoms with van der Waals surface area (Å²) in [6.45, 7) is 5.74. The van der Waals surface area contributed by atoms with E-state index >= 15 is 0 Å². The van der Waals surface area contributed by atoms with Crippen molar-refractivity contribution in [2.24, 2.45) is 17.8 Å². The molecule has 0 heterocycles. The van der Waals surface area contributed by atoms with Crippen molar-refractivity contribution in [3.8, 4) is 0 Å². The van der Waals surface area contributed by atoms with Gasteiger partial charge < -0.3 is 19.9 Å². The fraction of sp³-hybridized carbons (Fsp3) is 0.812. The SMILES string of the molecule is CC(C)CC(=O)OC(C)OC(=O)NCC1CCC(C(=O)O)CC1. The normalized spacial score (nSPS) is 22.3. The highest BCUT2D eigenvalue weighted by Crippen LogP contribution is 2.28. The molecule has 0 radical (unpaired) electrons. The van der Waals surface area contributed by atoms with Gasteiger partial charge in [0.05, 0.1) is 5.92 Å². The van der Waals surface area contributed by atoms with Gasteiger partial charge in [-0.15, -0.1) is 0 Å². The van der Waals surface area contributed by atoms with E-state index in [9.17, 15) is 14.4 Å². The zero-order valence-corrected chi connectivity index (χ0v) is 14.0. The summed E-state index contributed by atoms with van der Waals surface area (Å²) < 4.78 is 9.94. The van der Waals surface area contributed by atoms with Crippen LogP contribution in [-0.2, 0) is 19.1 Å². The van der Waals surface area contributed by atoms with Crippen molar-refractivity contribution < 1.29 is 29.0 Å². The highest BCUT2D eigenvalue weighted by atomic mass is 16.7. The third kappa shape index (κ3) is 7.85. The number of carbonyl (C=O) groups excluding carboxylic acids is 2. The third-order valence-corrected chi connectivity index (χ3v) is 3.88. The fourth-order valence-corrected chi connectivity index (χ4v) is 2.62. The summed E-state index contributed by atoms with van der Waals surface area (Å²) in [6, 6.07) is 0. The molecule has 7 nitrogen and oxygen atoms in total. The van der Waals surface area contributed by atoms with Crippen LogP contribution >= 0.6 is 0 Å². The molecule has 132 valence electrons. The quantitative estimate of drug-likeness (QED) is 0.550. The van der Waals surface area contributed by atoms with Gasteiger partial charge in [-0.25, -0.2) is 4.79 Å². The molecular weight excluding hydrogens is 302 g/mol. The molecule has 0 saturated heterocycles. The summed E-state index contributed by atoms with van der Waals surface area (Å²) in [6.07, 6.45) is 1.55. The van der Waals surface area contributed by atoms with Crippen LogP contribution in [0.2, 0.25) is 0 Å². The lowest BCUT2D eigenvalue weighted by Gasteiger charge is -2.26. The minimum Gasteiger partial charge on any atom is -0.481 e. The van der Waals surface area contributed by atoms with E-state index in [4.69, 9.17) is 14.6 Å². The van der Waals surface area contributed by atoms with E-state index in [0.29, 0.717) is 19.4 Å². The molecule has 1 saturated carbocycles. The third-order valence-electron chi connectivity index (χ3n) is 3.88. The molecule has 0 aliphatic heterocycles. The molecule has 1 rings (SSSR count). The number of alkyl carbamates (subject to hydrolysis) is 1. The van der Waals surface area contributed by atoms with Crippen LogP contribution in [0.25, 0.3) is 0 Å². The second-order valence-electron chi connectivity index (χ2n) is 6.50. The van der Waals surface area contributed by atoms with Crippen LogP contribution in [0.3, 0.4) is 0 Å². The smallest absolute Gasteiger partial charge is 0.410 e. The second-order valence-corrected chi connectivity index (χ2v) is 6.50. The number of hydrogen-bond donors (Lipinski definition) is 2. The molecule has 1 fully saturated rings. The summed E-state index contributed by atoms with van der Waals surface area (Å²) in [4.78, 5) is 34.0. The van der Waals surface area contributed by atoms with Crippen LogP contribution in [-0.4, -0.2) is 36.0 Å². The molecule has 0 aromatic carbocycles. The summed E-state index contributed by atoms with van der Waals surface area (Å²) in [5.41, 5.74) is 0. The minimum atomic E-state index is -0.927. The molecule has 0 aromatic heterocycles. The van der Waals surface area contributed by atoms with Gasteiger partial charge in [0, 0.05) is 19.9 Å². The Hall–Kier alpha value is -1.79. The molecule has 1 amide bonds. The van der Waals surface area contributed by atoms with Crippen LogP contribution < -0.4 is 5.32 Å². The number of esters is 1. The maximum atomic E-state index is 11.7. The predicted molar refractivity (Wildman–Crippen MR) is 82.6 cm³/mol. The average Bonchev–Trinajstić information content (AvgIpc) is 2.44. The van der Waals surface area contributed by atoms with Gasteiger partial charge in [-0.2, -0.15) is 0 Å². The number of carbonyl (C=O) groups is 3. The number of nitrogens with one attached hydrogen (secondary N) is 1. The van der Waals surface area contributed by atoms with Crippen LogP contribution in [0.1, 0.15) is 52.9 Å². The van der Waals surface area contributed by atoms with E-state index in [-0.39, 0.29) is 24.2 Å². The number of aliphatic carboxylic acids is 1.